The average molecular weight is 384 g/mol. The van der Waals surface area contributed by atoms with E-state index in [2.05, 4.69) is 24.0 Å². The molecule has 0 aliphatic rings. The predicted molar refractivity (Wildman–Crippen MR) is 110 cm³/mol. The summed E-state index contributed by atoms with van der Waals surface area (Å²) in [6.45, 7) is 3.59. The van der Waals surface area contributed by atoms with Gasteiger partial charge in [0.25, 0.3) is 0 Å². The SMILES string of the molecule is COc1ccc(C)cc1CN(C)CC(=O)N(C)Cc1nc2ccccc2s1. The molecular formula is C21H25N3O2S. The van der Waals surface area contributed by atoms with Gasteiger partial charge in [-0.3, -0.25) is 9.69 Å². The normalized spacial score (nSPS) is 11.1. The van der Waals surface area contributed by atoms with Crippen LogP contribution in [0, 0.1) is 6.92 Å². The van der Waals surface area contributed by atoms with Crippen LogP contribution in [0.1, 0.15) is 16.1 Å². The summed E-state index contributed by atoms with van der Waals surface area (Å²) in [5, 5.41) is 0.954. The van der Waals surface area contributed by atoms with E-state index in [1.165, 1.54) is 5.56 Å². The zero-order chi connectivity index (χ0) is 19.4. The van der Waals surface area contributed by atoms with Crippen LogP contribution < -0.4 is 4.74 Å². The second-order valence-corrected chi connectivity index (χ2v) is 7.93. The molecule has 0 bridgehead atoms. The van der Waals surface area contributed by atoms with E-state index in [9.17, 15) is 4.79 Å². The van der Waals surface area contributed by atoms with Crippen LogP contribution >= 0.6 is 11.3 Å². The van der Waals surface area contributed by atoms with Gasteiger partial charge in [0.15, 0.2) is 0 Å². The van der Waals surface area contributed by atoms with Crippen molar-refractivity contribution < 1.29 is 9.53 Å². The lowest BCUT2D eigenvalue weighted by Gasteiger charge is -2.22. The first-order valence-electron chi connectivity index (χ1n) is 8.86. The Morgan fingerprint density at radius 2 is 1.93 bits per heavy atom. The molecule has 1 amide bonds. The second kappa shape index (κ2) is 8.50. The maximum atomic E-state index is 12.6. The summed E-state index contributed by atoms with van der Waals surface area (Å²) in [6.07, 6.45) is 0. The van der Waals surface area contributed by atoms with Crippen LogP contribution in [0.5, 0.6) is 5.75 Å². The van der Waals surface area contributed by atoms with Gasteiger partial charge < -0.3 is 9.64 Å². The number of fused-ring (bicyclic) bond motifs is 1. The van der Waals surface area contributed by atoms with Crippen molar-refractivity contribution in [1.29, 1.82) is 0 Å². The number of amides is 1. The molecule has 3 aromatic rings. The molecule has 142 valence electrons. The number of aromatic nitrogens is 1. The first kappa shape index (κ1) is 19.3. The van der Waals surface area contributed by atoms with Crippen LogP contribution in [-0.4, -0.2) is 48.4 Å². The van der Waals surface area contributed by atoms with Crippen LogP contribution in [-0.2, 0) is 17.9 Å². The highest BCUT2D eigenvalue weighted by Crippen LogP contribution is 2.23. The zero-order valence-corrected chi connectivity index (χ0v) is 17.0. The molecule has 1 aromatic heterocycles. The molecule has 0 saturated carbocycles. The molecule has 0 fully saturated rings. The molecule has 0 aliphatic carbocycles. The van der Waals surface area contributed by atoms with Gasteiger partial charge >= 0.3 is 0 Å². The van der Waals surface area contributed by atoms with Gasteiger partial charge in [0.1, 0.15) is 10.8 Å². The molecule has 6 heteroatoms. The maximum Gasteiger partial charge on any atom is 0.236 e. The van der Waals surface area contributed by atoms with Crippen LogP contribution in [0.25, 0.3) is 10.2 Å². The summed E-state index contributed by atoms with van der Waals surface area (Å²) in [4.78, 5) is 21.0. The minimum Gasteiger partial charge on any atom is -0.496 e. The lowest BCUT2D eigenvalue weighted by Crippen LogP contribution is -2.36. The van der Waals surface area contributed by atoms with Crippen molar-refractivity contribution in [3.63, 3.8) is 0 Å². The lowest BCUT2D eigenvalue weighted by atomic mass is 10.1. The molecule has 0 N–H and O–H groups in total. The number of para-hydroxylation sites is 1. The van der Waals surface area contributed by atoms with E-state index in [0.29, 0.717) is 19.6 Å². The van der Waals surface area contributed by atoms with Crippen molar-refractivity contribution in [2.45, 2.75) is 20.0 Å². The van der Waals surface area contributed by atoms with Crippen molar-refractivity contribution in [3.8, 4) is 5.75 Å². The van der Waals surface area contributed by atoms with Crippen LogP contribution in [0.3, 0.4) is 0 Å². The number of carbonyl (C=O) groups excluding carboxylic acids is 1. The fourth-order valence-corrected chi connectivity index (χ4v) is 4.03. The molecule has 0 spiro atoms. The Labute approximate surface area is 164 Å². The van der Waals surface area contributed by atoms with E-state index in [-0.39, 0.29) is 5.91 Å². The van der Waals surface area contributed by atoms with E-state index in [1.807, 2.05) is 49.3 Å². The highest BCUT2D eigenvalue weighted by atomic mass is 32.1. The minimum absolute atomic E-state index is 0.0726. The molecule has 0 atom stereocenters. The number of likely N-dealkylation sites (N-methyl/N-ethyl adjacent to an activating group) is 2. The number of hydrogen-bond donors (Lipinski definition) is 0. The van der Waals surface area contributed by atoms with Crippen LogP contribution in [0.2, 0.25) is 0 Å². The number of aryl methyl sites for hydroxylation is 1. The molecule has 3 rings (SSSR count). The quantitative estimate of drug-likeness (QED) is 0.624. The third-order valence-corrected chi connectivity index (χ3v) is 5.44. The summed E-state index contributed by atoms with van der Waals surface area (Å²) in [6, 6.07) is 14.1. The highest BCUT2D eigenvalue weighted by Gasteiger charge is 2.15. The van der Waals surface area contributed by atoms with Crippen molar-refractivity contribution >= 4 is 27.5 Å². The molecule has 0 unspecified atom stereocenters. The maximum absolute atomic E-state index is 12.6. The Bertz CT molecular complexity index is 905. The molecule has 0 aliphatic heterocycles. The second-order valence-electron chi connectivity index (χ2n) is 6.81. The number of methoxy groups -OCH3 is 1. The zero-order valence-electron chi connectivity index (χ0n) is 16.2. The third-order valence-electron chi connectivity index (χ3n) is 4.42. The Morgan fingerprint density at radius 1 is 1.15 bits per heavy atom. The number of thiazole rings is 1. The topological polar surface area (TPSA) is 45.7 Å². The Morgan fingerprint density at radius 3 is 2.67 bits per heavy atom. The number of ether oxygens (including phenoxy) is 1. The van der Waals surface area contributed by atoms with Gasteiger partial charge in [-0.15, -0.1) is 11.3 Å². The summed E-state index contributed by atoms with van der Waals surface area (Å²) in [5.41, 5.74) is 3.25. The first-order chi connectivity index (χ1) is 13.0. The largest absolute Gasteiger partial charge is 0.496 e. The average Bonchev–Trinajstić information content (AvgIpc) is 3.04. The minimum atomic E-state index is 0.0726. The van der Waals surface area contributed by atoms with Crippen molar-refractivity contribution in [2.75, 3.05) is 27.7 Å². The smallest absolute Gasteiger partial charge is 0.236 e. The summed E-state index contributed by atoms with van der Waals surface area (Å²) < 4.78 is 6.58. The van der Waals surface area contributed by atoms with Gasteiger partial charge in [0.2, 0.25) is 5.91 Å². The number of rotatable bonds is 7. The number of carbonyl (C=O) groups is 1. The molecule has 27 heavy (non-hydrogen) atoms. The van der Waals surface area contributed by atoms with Gasteiger partial charge in [0, 0.05) is 19.2 Å². The van der Waals surface area contributed by atoms with Gasteiger partial charge in [-0.05, 0) is 32.2 Å². The van der Waals surface area contributed by atoms with Crippen molar-refractivity contribution in [3.05, 3.63) is 58.6 Å². The van der Waals surface area contributed by atoms with E-state index in [4.69, 9.17) is 4.74 Å². The van der Waals surface area contributed by atoms with Gasteiger partial charge in [-0.1, -0.05) is 29.8 Å². The monoisotopic (exact) mass is 383 g/mol. The van der Waals surface area contributed by atoms with Gasteiger partial charge in [0.05, 0.1) is 30.4 Å². The van der Waals surface area contributed by atoms with Crippen molar-refractivity contribution in [1.82, 2.24) is 14.8 Å². The standard InChI is InChI=1S/C21H25N3O2S/c1-15-9-10-18(26-4)16(11-15)12-23(2)14-21(25)24(3)13-20-22-17-7-5-6-8-19(17)27-20/h5-11H,12-14H2,1-4H3. The molecule has 0 saturated heterocycles. The summed E-state index contributed by atoms with van der Waals surface area (Å²) >= 11 is 1.64. The predicted octanol–water partition coefficient (Wildman–Crippen LogP) is 3.70. The first-order valence-corrected chi connectivity index (χ1v) is 9.68. The summed E-state index contributed by atoms with van der Waals surface area (Å²) in [5.74, 6) is 0.922. The molecular weight excluding hydrogens is 358 g/mol. The highest BCUT2D eigenvalue weighted by molar-refractivity contribution is 7.18. The van der Waals surface area contributed by atoms with E-state index >= 15 is 0 Å². The lowest BCUT2D eigenvalue weighted by molar-refractivity contribution is -0.131. The molecule has 5 nitrogen and oxygen atoms in total. The third kappa shape index (κ3) is 4.84. The molecule has 2 aromatic carbocycles. The fraction of sp³-hybridized carbons (Fsp3) is 0.333. The molecule has 1 heterocycles. The van der Waals surface area contributed by atoms with Crippen LogP contribution in [0.15, 0.2) is 42.5 Å². The van der Waals surface area contributed by atoms with E-state index in [1.54, 1.807) is 23.3 Å². The Hall–Kier alpha value is -2.44. The Balaban J connectivity index is 1.59. The van der Waals surface area contributed by atoms with Gasteiger partial charge in [-0.2, -0.15) is 0 Å². The van der Waals surface area contributed by atoms with E-state index < -0.39 is 0 Å². The van der Waals surface area contributed by atoms with Crippen molar-refractivity contribution in [2.24, 2.45) is 0 Å². The number of hydrogen-bond acceptors (Lipinski definition) is 5. The fourth-order valence-electron chi connectivity index (χ4n) is 3.01. The van der Waals surface area contributed by atoms with E-state index in [0.717, 1.165) is 26.5 Å². The molecule has 0 radical (unpaired) electrons. The number of benzene rings is 2. The van der Waals surface area contributed by atoms with Crippen LogP contribution in [0.4, 0.5) is 0 Å². The Kier molecular flexibility index (Phi) is 6.08. The number of nitrogens with zero attached hydrogens (tertiary/aromatic N) is 3. The van der Waals surface area contributed by atoms with Gasteiger partial charge in [-0.25, -0.2) is 4.98 Å². The summed E-state index contributed by atoms with van der Waals surface area (Å²) in [7, 11) is 5.45.